The Morgan fingerprint density at radius 3 is 3.11 bits per heavy atom. The van der Waals surface area contributed by atoms with Gasteiger partial charge in [0, 0.05) is 18.7 Å². The summed E-state index contributed by atoms with van der Waals surface area (Å²) in [4.78, 5) is 12.7. The number of aliphatic carboxylic acids is 1. The molecular formula is C12H19N3O3. The van der Waals surface area contributed by atoms with E-state index in [1.54, 1.807) is 4.68 Å². The van der Waals surface area contributed by atoms with Gasteiger partial charge in [-0.2, -0.15) is 5.10 Å². The van der Waals surface area contributed by atoms with Gasteiger partial charge in [0.15, 0.2) is 0 Å². The quantitative estimate of drug-likeness (QED) is 0.780. The largest absolute Gasteiger partial charge is 0.480 e. The Labute approximate surface area is 106 Å². The zero-order chi connectivity index (χ0) is 13.0. The molecule has 6 nitrogen and oxygen atoms in total. The number of nitrogens with zero attached hydrogens (tertiary/aromatic N) is 3. The van der Waals surface area contributed by atoms with Gasteiger partial charge in [-0.1, -0.05) is 0 Å². The van der Waals surface area contributed by atoms with E-state index in [4.69, 9.17) is 10.2 Å². The summed E-state index contributed by atoms with van der Waals surface area (Å²) in [6.45, 7) is 2.29. The van der Waals surface area contributed by atoms with E-state index in [1.165, 1.54) is 0 Å². The smallest absolute Gasteiger partial charge is 0.317 e. The first-order chi connectivity index (χ1) is 8.69. The lowest BCUT2D eigenvalue weighted by Gasteiger charge is -2.30. The van der Waals surface area contributed by atoms with Gasteiger partial charge in [0.2, 0.25) is 0 Å². The van der Waals surface area contributed by atoms with E-state index in [0.29, 0.717) is 12.5 Å². The Morgan fingerprint density at radius 2 is 2.39 bits per heavy atom. The molecule has 0 bridgehead atoms. The normalized spacial score (nSPS) is 21.1. The molecule has 2 N–H and O–H groups in total. The van der Waals surface area contributed by atoms with Crippen LogP contribution < -0.4 is 0 Å². The summed E-state index contributed by atoms with van der Waals surface area (Å²) >= 11 is 0. The Hall–Kier alpha value is -1.40. The number of carbonyl (C=O) groups is 1. The maximum absolute atomic E-state index is 10.7. The van der Waals surface area contributed by atoms with Crippen molar-refractivity contribution in [2.75, 3.05) is 26.2 Å². The van der Waals surface area contributed by atoms with Crippen molar-refractivity contribution < 1.29 is 15.0 Å². The number of rotatable bonds is 5. The van der Waals surface area contributed by atoms with Gasteiger partial charge in [0.05, 0.1) is 25.4 Å². The van der Waals surface area contributed by atoms with Gasteiger partial charge in [0.1, 0.15) is 0 Å². The zero-order valence-corrected chi connectivity index (χ0v) is 10.3. The van der Waals surface area contributed by atoms with Crippen LogP contribution in [-0.2, 0) is 11.3 Å². The SMILES string of the molecule is O=C(O)CN1CCCC(c2ccn(CCO)n2)C1. The summed E-state index contributed by atoms with van der Waals surface area (Å²) in [5, 5.41) is 22.1. The first kappa shape index (κ1) is 13.0. The Bertz CT molecular complexity index is 405. The van der Waals surface area contributed by atoms with Crippen LogP contribution in [-0.4, -0.2) is 57.1 Å². The van der Waals surface area contributed by atoms with Crippen molar-refractivity contribution in [3.8, 4) is 0 Å². The Kier molecular flexibility index (Phi) is 4.33. The number of piperidine rings is 1. The van der Waals surface area contributed by atoms with E-state index in [2.05, 4.69) is 5.10 Å². The van der Waals surface area contributed by atoms with Gasteiger partial charge in [-0.05, 0) is 25.5 Å². The molecule has 1 unspecified atom stereocenters. The molecule has 0 amide bonds. The minimum Gasteiger partial charge on any atom is -0.480 e. The molecule has 18 heavy (non-hydrogen) atoms. The minimum absolute atomic E-state index is 0.0803. The maximum atomic E-state index is 10.7. The molecule has 1 aliphatic rings. The van der Waals surface area contributed by atoms with Crippen LogP contribution in [0, 0.1) is 0 Å². The van der Waals surface area contributed by atoms with Crippen LogP contribution in [0.2, 0.25) is 0 Å². The van der Waals surface area contributed by atoms with Crippen LogP contribution >= 0.6 is 0 Å². The molecule has 6 heteroatoms. The van der Waals surface area contributed by atoms with Crippen molar-refractivity contribution in [1.82, 2.24) is 14.7 Å². The van der Waals surface area contributed by atoms with Crippen molar-refractivity contribution in [3.63, 3.8) is 0 Å². The van der Waals surface area contributed by atoms with Gasteiger partial charge in [-0.25, -0.2) is 0 Å². The van der Waals surface area contributed by atoms with E-state index in [1.807, 2.05) is 17.2 Å². The van der Waals surface area contributed by atoms with Crippen molar-refractivity contribution in [3.05, 3.63) is 18.0 Å². The molecule has 100 valence electrons. The van der Waals surface area contributed by atoms with E-state index in [0.717, 1.165) is 31.6 Å². The fourth-order valence-corrected chi connectivity index (χ4v) is 2.45. The molecule has 1 aromatic rings. The standard InChI is InChI=1S/C12H19N3O3/c16-7-6-15-5-3-11(13-15)10-2-1-4-14(8-10)9-12(17)18/h3,5,10,16H,1-2,4,6-9H2,(H,17,18). The highest BCUT2D eigenvalue weighted by atomic mass is 16.4. The highest BCUT2D eigenvalue weighted by Crippen LogP contribution is 2.25. The molecule has 1 atom stereocenters. The van der Waals surface area contributed by atoms with Gasteiger partial charge in [0.25, 0.3) is 0 Å². The van der Waals surface area contributed by atoms with E-state index < -0.39 is 5.97 Å². The molecule has 0 radical (unpaired) electrons. The topological polar surface area (TPSA) is 78.6 Å². The predicted octanol–water partition coefficient (Wildman–Crippen LogP) is 0.139. The van der Waals surface area contributed by atoms with E-state index in [-0.39, 0.29) is 13.2 Å². The molecule has 1 aliphatic heterocycles. The van der Waals surface area contributed by atoms with Crippen molar-refractivity contribution in [2.24, 2.45) is 0 Å². The predicted molar refractivity (Wildman–Crippen MR) is 65.4 cm³/mol. The number of aliphatic hydroxyl groups excluding tert-OH is 1. The molecule has 1 fully saturated rings. The number of likely N-dealkylation sites (tertiary alicyclic amines) is 1. The molecule has 2 rings (SSSR count). The lowest BCUT2D eigenvalue weighted by Crippen LogP contribution is -2.38. The van der Waals surface area contributed by atoms with Gasteiger partial charge < -0.3 is 10.2 Å². The van der Waals surface area contributed by atoms with Crippen molar-refractivity contribution >= 4 is 5.97 Å². The van der Waals surface area contributed by atoms with Crippen LogP contribution in [0.3, 0.4) is 0 Å². The summed E-state index contributed by atoms with van der Waals surface area (Å²) < 4.78 is 1.73. The second kappa shape index (κ2) is 5.97. The fraction of sp³-hybridized carbons (Fsp3) is 0.667. The summed E-state index contributed by atoms with van der Waals surface area (Å²) in [5.41, 5.74) is 0.999. The van der Waals surface area contributed by atoms with Crippen LogP contribution in [0.1, 0.15) is 24.5 Å². The molecule has 1 aromatic heterocycles. The third-order valence-corrected chi connectivity index (χ3v) is 3.27. The Balaban J connectivity index is 1.96. The molecule has 0 aromatic carbocycles. The second-order valence-electron chi connectivity index (χ2n) is 4.70. The first-order valence-corrected chi connectivity index (χ1v) is 6.27. The fourth-order valence-electron chi connectivity index (χ4n) is 2.45. The number of hydrogen-bond acceptors (Lipinski definition) is 4. The molecule has 0 saturated carbocycles. The van der Waals surface area contributed by atoms with E-state index >= 15 is 0 Å². The van der Waals surface area contributed by atoms with Crippen LogP contribution in [0.5, 0.6) is 0 Å². The molecular weight excluding hydrogens is 234 g/mol. The average Bonchev–Trinajstić information content (AvgIpc) is 2.78. The lowest BCUT2D eigenvalue weighted by atomic mass is 9.95. The minimum atomic E-state index is -0.776. The van der Waals surface area contributed by atoms with Gasteiger partial charge >= 0.3 is 5.97 Å². The number of carboxylic acid groups (broad SMARTS) is 1. The molecule has 0 aliphatic carbocycles. The zero-order valence-electron chi connectivity index (χ0n) is 10.3. The van der Waals surface area contributed by atoms with E-state index in [9.17, 15) is 4.79 Å². The third kappa shape index (κ3) is 3.30. The average molecular weight is 253 g/mol. The first-order valence-electron chi connectivity index (χ1n) is 6.27. The molecule has 2 heterocycles. The van der Waals surface area contributed by atoms with Crippen molar-refractivity contribution in [2.45, 2.75) is 25.3 Å². The van der Waals surface area contributed by atoms with Crippen molar-refractivity contribution in [1.29, 1.82) is 0 Å². The Morgan fingerprint density at radius 1 is 1.56 bits per heavy atom. The van der Waals surface area contributed by atoms with Gasteiger partial charge in [-0.3, -0.25) is 14.4 Å². The van der Waals surface area contributed by atoms with Crippen LogP contribution in [0.4, 0.5) is 0 Å². The van der Waals surface area contributed by atoms with Gasteiger partial charge in [-0.15, -0.1) is 0 Å². The highest BCUT2D eigenvalue weighted by molar-refractivity contribution is 5.69. The summed E-state index contributed by atoms with van der Waals surface area (Å²) in [6, 6.07) is 1.96. The second-order valence-corrected chi connectivity index (χ2v) is 4.70. The van der Waals surface area contributed by atoms with Crippen LogP contribution in [0.25, 0.3) is 0 Å². The lowest BCUT2D eigenvalue weighted by molar-refractivity contribution is -0.138. The molecule has 1 saturated heterocycles. The summed E-state index contributed by atoms with van der Waals surface area (Å²) in [7, 11) is 0. The monoisotopic (exact) mass is 253 g/mol. The number of aromatic nitrogens is 2. The molecule has 0 spiro atoms. The number of hydrogen-bond donors (Lipinski definition) is 2. The summed E-state index contributed by atoms with van der Waals surface area (Å²) in [5.74, 6) is -0.473. The highest BCUT2D eigenvalue weighted by Gasteiger charge is 2.24. The summed E-state index contributed by atoms with van der Waals surface area (Å²) in [6.07, 6.45) is 3.92. The van der Waals surface area contributed by atoms with Crippen LogP contribution in [0.15, 0.2) is 12.3 Å². The third-order valence-electron chi connectivity index (χ3n) is 3.27. The maximum Gasteiger partial charge on any atom is 0.317 e. The number of carboxylic acids is 1. The number of aliphatic hydroxyl groups is 1.